The molecule has 3 unspecified atom stereocenters. The Bertz CT molecular complexity index is 334. The lowest BCUT2D eigenvalue weighted by Gasteiger charge is -2.30. The van der Waals surface area contributed by atoms with Crippen LogP contribution in [0.4, 0.5) is 0 Å². The van der Waals surface area contributed by atoms with Crippen molar-refractivity contribution in [2.75, 3.05) is 0 Å². The molecule has 0 saturated heterocycles. The van der Waals surface area contributed by atoms with Crippen LogP contribution in [0.5, 0.6) is 0 Å². The van der Waals surface area contributed by atoms with Gasteiger partial charge in [-0.05, 0) is 31.6 Å². The summed E-state index contributed by atoms with van der Waals surface area (Å²) in [5.41, 5.74) is 7.50. The molecule has 3 atom stereocenters. The van der Waals surface area contributed by atoms with Gasteiger partial charge in [-0.3, -0.25) is 0 Å². The van der Waals surface area contributed by atoms with Gasteiger partial charge in [-0.15, -0.1) is 11.3 Å². The minimum Gasteiger partial charge on any atom is -0.327 e. The van der Waals surface area contributed by atoms with E-state index in [0.29, 0.717) is 12.0 Å². The van der Waals surface area contributed by atoms with Crippen LogP contribution in [0.2, 0.25) is 0 Å². The van der Waals surface area contributed by atoms with E-state index in [-0.39, 0.29) is 0 Å². The van der Waals surface area contributed by atoms with Gasteiger partial charge in [-0.25, -0.2) is 4.98 Å². The molecule has 0 aromatic carbocycles. The lowest BCUT2D eigenvalue weighted by Crippen LogP contribution is -2.35. The second-order valence-corrected chi connectivity index (χ2v) is 6.32. The molecule has 90 valence electrons. The summed E-state index contributed by atoms with van der Waals surface area (Å²) >= 11 is 1.73. The van der Waals surface area contributed by atoms with Crippen molar-refractivity contribution >= 4 is 11.3 Å². The first kappa shape index (κ1) is 12.1. The maximum absolute atomic E-state index is 6.32. The summed E-state index contributed by atoms with van der Waals surface area (Å²) in [4.78, 5) is 4.50. The van der Waals surface area contributed by atoms with Crippen LogP contribution in [-0.2, 0) is 6.42 Å². The molecule has 0 bridgehead atoms. The van der Waals surface area contributed by atoms with Crippen LogP contribution >= 0.6 is 11.3 Å². The lowest BCUT2D eigenvalue weighted by molar-refractivity contribution is 0.245. The van der Waals surface area contributed by atoms with Crippen LogP contribution in [0.15, 0.2) is 5.38 Å². The van der Waals surface area contributed by atoms with Crippen molar-refractivity contribution in [3.05, 3.63) is 16.1 Å². The lowest BCUT2D eigenvalue weighted by atomic mass is 9.78. The summed E-state index contributed by atoms with van der Waals surface area (Å²) in [5, 5.41) is 3.31. The second kappa shape index (κ2) is 5.28. The number of rotatable bonds is 3. The van der Waals surface area contributed by atoms with Gasteiger partial charge in [0.15, 0.2) is 0 Å². The van der Waals surface area contributed by atoms with Crippen LogP contribution in [0.25, 0.3) is 0 Å². The first-order valence-corrected chi connectivity index (χ1v) is 7.19. The fraction of sp³-hybridized carbons (Fsp3) is 0.769. The number of thiazole rings is 1. The number of hydrogen-bond donors (Lipinski definition) is 1. The molecule has 2 N–H and O–H groups in total. The Morgan fingerprint density at radius 2 is 2.38 bits per heavy atom. The van der Waals surface area contributed by atoms with E-state index in [1.54, 1.807) is 11.3 Å². The smallest absolute Gasteiger partial charge is 0.0897 e. The van der Waals surface area contributed by atoms with Crippen molar-refractivity contribution in [1.82, 2.24) is 4.98 Å². The van der Waals surface area contributed by atoms with Crippen molar-refractivity contribution < 1.29 is 0 Å². The van der Waals surface area contributed by atoms with Gasteiger partial charge >= 0.3 is 0 Å². The third kappa shape index (κ3) is 3.05. The highest BCUT2D eigenvalue weighted by molar-refractivity contribution is 7.09. The first-order chi connectivity index (χ1) is 7.65. The molecular weight excluding hydrogens is 216 g/mol. The molecule has 2 nitrogen and oxygen atoms in total. The SMILES string of the molecule is Cc1nc(CC(N)C2CCCC(C)C2)cs1. The Hall–Kier alpha value is -0.410. The highest BCUT2D eigenvalue weighted by atomic mass is 32.1. The highest BCUT2D eigenvalue weighted by Crippen LogP contribution is 2.31. The predicted octanol–water partition coefficient (Wildman–Crippen LogP) is 3.15. The number of aromatic nitrogens is 1. The number of hydrogen-bond acceptors (Lipinski definition) is 3. The molecule has 0 spiro atoms. The summed E-state index contributed by atoms with van der Waals surface area (Å²) < 4.78 is 0. The number of aryl methyl sites for hydroxylation is 1. The van der Waals surface area contributed by atoms with E-state index >= 15 is 0 Å². The van der Waals surface area contributed by atoms with Crippen molar-refractivity contribution in [3.8, 4) is 0 Å². The zero-order chi connectivity index (χ0) is 11.5. The van der Waals surface area contributed by atoms with Crippen LogP contribution in [0.1, 0.15) is 43.3 Å². The van der Waals surface area contributed by atoms with Gasteiger partial charge in [0.05, 0.1) is 10.7 Å². The van der Waals surface area contributed by atoms with Crippen molar-refractivity contribution in [2.24, 2.45) is 17.6 Å². The number of nitrogens with two attached hydrogens (primary N) is 1. The molecular formula is C13H22N2S. The molecule has 1 aromatic heterocycles. The normalized spacial score (nSPS) is 27.9. The molecule has 16 heavy (non-hydrogen) atoms. The highest BCUT2D eigenvalue weighted by Gasteiger charge is 2.24. The summed E-state index contributed by atoms with van der Waals surface area (Å²) in [6.45, 7) is 4.41. The largest absolute Gasteiger partial charge is 0.327 e. The molecule has 1 fully saturated rings. The monoisotopic (exact) mass is 238 g/mol. The Kier molecular flexibility index (Phi) is 3.98. The van der Waals surface area contributed by atoms with Gasteiger partial charge in [-0.2, -0.15) is 0 Å². The molecule has 0 amide bonds. The third-order valence-corrected chi connectivity index (χ3v) is 4.52. The summed E-state index contributed by atoms with van der Waals surface area (Å²) in [6.07, 6.45) is 6.33. The molecule has 1 aliphatic rings. The third-order valence-electron chi connectivity index (χ3n) is 3.69. The van der Waals surface area contributed by atoms with Crippen LogP contribution in [0, 0.1) is 18.8 Å². The Balaban J connectivity index is 1.89. The topological polar surface area (TPSA) is 38.9 Å². The summed E-state index contributed by atoms with van der Waals surface area (Å²) in [7, 11) is 0. The molecule has 1 aromatic rings. The molecule has 1 aliphatic carbocycles. The van der Waals surface area contributed by atoms with Crippen molar-refractivity contribution in [1.29, 1.82) is 0 Å². The zero-order valence-electron chi connectivity index (χ0n) is 10.3. The average molecular weight is 238 g/mol. The van der Waals surface area contributed by atoms with E-state index in [9.17, 15) is 0 Å². The average Bonchev–Trinajstić information content (AvgIpc) is 2.64. The van der Waals surface area contributed by atoms with Crippen molar-refractivity contribution in [3.63, 3.8) is 0 Å². The van der Waals surface area contributed by atoms with E-state index < -0.39 is 0 Å². The van der Waals surface area contributed by atoms with Gasteiger partial charge < -0.3 is 5.73 Å². The molecule has 0 aliphatic heterocycles. The van der Waals surface area contributed by atoms with Gasteiger partial charge in [0.2, 0.25) is 0 Å². The van der Waals surface area contributed by atoms with E-state index in [2.05, 4.69) is 24.2 Å². The maximum atomic E-state index is 6.32. The first-order valence-electron chi connectivity index (χ1n) is 6.31. The van der Waals surface area contributed by atoms with Crippen molar-refractivity contribution in [2.45, 2.75) is 52.0 Å². The van der Waals surface area contributed by atoms with Gasteiger partial charge in [0, 0.05) is 17.8 Å². The van der Waals surface area contributed by atoms with Crippen LogP contribution in [0.3, 0.4) is 0 Å². The van der Waals surface area contributed by atoms with E-state index in [1.165, 1.54) is 31.4 Å². The van der Waals surface area contributed by atoms with Gasteiger partial charge in [0.1, 0.15) is 0 Å². The van der Waals surface area contributed by atoms with Gasteiger partial charge in [-0.1, -0.05) is 19.8 Å². The van der Waals surface area contributed by atoms with Crippen LogP contribution < -0.4 is 5.73 Å². The standard InChI is InChI=1S/C13H22N2S/c1-9-4-3-5-11(6-9)13(14)7-12-8-16-10(2)15-12/h8-9,11,13H,3-7,14H2,1-2H3. The van der Waals surface area contributed by atoms with E-state index in [4.69, 9.17) is 5.73 Å². The minimum absolute atomic E-state index is 0.309. The Morgan fingerprint density at radius 3 is 3.00 bits per heavy atom. The molecule has 2 rings (SSSR count). The Labute approximate surface area is 102 Å². The fourth-order valence-corrected chi connectivity index (χ4v) is 3.41. The zero-order valence-corrected chi connectivity index (χ0v) is 11.1. The summed E-state index contributed by atoms with van der Waals surface area (Å²) in [6, 6.07) is 0.309. The van der Waals surface area contributed by atoms with E-state index in [1.807, 2.05) is 0 Å². The molecule has 0 radical (unpaired) electrons. The predicted molar refractivity (Wildman–Crippen MR) is 69.7 cm³/mol. The quantitative estimate of drug-likeness (QED) is 0.878. The van der Waals surface area contributed by atoms with Gasteiger partial charge in [0.25, 0.3) is 0 Å². The second-order valence-electron chi connectivity index (χ2n) is 5.26. The minimum atomic E-state index is 0.309. The fourth-order valence-electron chi connectivity index (χ4n) is 2.78. The Morgan fingerprint density at radius 1 is 1.56 bits per heavy atom. The molecule has 1 heterocycles. The summed E-state index contributed by atoms with van der Waals surface area (Å²) in [5.74, 6) is 1.58. The van der Waals surface area contributed by atoms with E-state index in [0.717, 1.165) is 17.3 Å². The molecule has 3 heteroatoms. The van der Waals surface area contributed by atoms with Crippen LogP contribution in [-0.4, -0.2) is 11.0 Å². The number of nitrogens with zero attached hydrogens (tertiary/aromatic N) is 1. The maximum Gasteiger partial charge on any atom is 0.0897 e. The molecule has 1 saturated carbocycles.